The van der Waals surface area contributed by atoms with Crippen LogP contribution in [0, 0.1) is 11.3 Å². The van der Waals surface area contributed by atoms with E-state index in [1.807, 2.05) is 0 Å². The third-order valence-electron chi connectivity index (χ3n) is 6.36. The molecule has 0 N–H and O–H groups in total. The minimum absolute atomic E-state index is 0.652. The Morgan fingerprint density at radius 2 is 1.81 bits per heavy atom. The van der Waals surface area contributed by atoms with Gasteiger partial charge in [0.15, 0.2) is 0 Å². The van der Waals surface area contributed by atoms with Crippen molar-refractivity contribution in [3.8, 4) is 0 Å². The van der Waals surface area contributed by atoms with Gasteiger partial charge in [-0.3, -0.25) is 9.80 Å². The molecule has 2 heteroatoms. The van der Waals surface area contributed by atoms with Gasteiger partial charge in [-0.25, -0.2) is 0 Å². The summed E-state index contributed by atoms with van der Waals surface area (Å²) >= 11 is 0. The highest BCUT2D eigenvalue weighted by molar-refractivity contribution is 4.94. The quantitative estimate of drug-likeness (QED) is 0.768. The summed E-state index contributed by atoms with van der Waals surface area (Å²) in [5, 5.41) is 0. The number of hydrogen-bond donors (Lipinski definition) is 0. The van der Waals surface area contributed by atoms with Crippen LogP contribution in [0.1, 0.15) is 72.1 Å². The summed E-state index contributed by atoms with van der Waals surface area (Å²) in [5.41, 5.74) is 0.652. The van der Waals surface area contributed by atoms with E-state index < -0.39 is 0 Å². The van der Waals surface area contributed by atoms with E-state index in [2.05, 4.69) is 30.6 Å². The molecule has 0 aromatic carbocycles. The Morgan fingerprint density at radius 1 is 1.05 bits per heavy atom. The molecule has 0 bridgehead atoms. The molecule has 3 aliphatic rings. The van der Waals surface area contributed by atoms with E-state index in [0.29, 0.717) is 5.41 Å². The number of piperidine rings is 1. The van der Waals surface area contributed by atoms with E-state index in [1.165, 1.54) is 77.5 Å². The van der Waals surface area contributed by atoms with Gasteiger partial charge < -0.3 is 0 Å². The second-order valence-electron chi connectivity index (χ2n) is 8.73. The zero-order valence-electron chi connectivity index (χ0n) is 14.6. The molecule has 3 rings (SSSR count). The highest BCUT2D eigenvalue weighted by atomic mass is 15.3. The molecule has 0 amide bonds. The number of piperazine rings is 1. The largest absolute Gasteiger partial charge is 0.298 e. The molecule has 0 spiro atoms. The van der Waals surface area contributed by atoms with E-state index in [-0.39, 0.29) is 0 Å². The van der Waals surface area contributed by atoms with Gasteiger partial charge >= 0.3 is 0 Å². The molecule has 3 fully saturated rings. The maximum atomic E-state index is 2.88. The Morgan fingerprint density at radius 3 is 2.52 bits per heavy atom. The lowest BCUT2D eigenvalue weighted by molar-refractivity contribution is -0.0102. The van der Waals surface area contributed by atoms with Crippen molar-refractivity contribution in [3.05, 3.63) is 0 Å². The fourth-order valence-electron chi connectivity index (χ4n) is 5.48. The normalized spacial score (nSPS) is 34.3. The van der Waals surface area contributed by atoms with Gasteiger partial charge in [0.25, 0.3) is 0 Å². The Labute approximate surface area is 132 Å². The maximum Gasteiger partial charge on any atom is 0.0223 e. The number of hydrogen-bond acceptors (Lipinski definition) is 2. The average Bonchev–Trinajstić information content (AvgIpc) is 2.87. The lowest BCUT2D eigenvalue weighted by atomic mass is 9.77. The smallest absolute Gasteiger partial charge is 0.0223 e. The highest BCUT2D eigenvalue weighted by Crippen LogP contribution is 2.44. The van der Waals surface area contributed by atoms with Gasteiger partial charge in [-0.2, -0.15) is 0 Å². The third kappa shape index (κ3) is 3.64. The Bertz CT molecular complexity index is 332. The zero-order valence-corrected chi connectivity index (χ0v) is 14.6. The van der Waals surface area contributed by atoms with Crippen LogP contribution in [0.2, 0.25) is 0 Å². The lowest BCUT2D eigenvalue weighted by Gasteiger charge is -2.50. The summed E-state index contributed by atoms with van der Waals surface area (Å²) in [7, 11) is 0. The van der Waals surface area contributed by atoms with E-state index >= 15 is 0 Å². The van der Waals surface area contributed by atoms with Gasteiger partial charge in [0.05, 0.1) is 0 Å². The molecule has 2 saturated heterocycles. The van der Waals surface area contributed by atoms with Gasteiger partial charge in [0.1, 0.15) is 0 Å². The predicted octanol–water partition coefficient (Wildman–Crippen LogP) is 4.15. The van der Waals surface area contributed by atoms with Crippen LogP contribution >= 0.6 is 0 Å². The first-order chi connectivity index (χ1) is 10.1. The molecule has 1 saturated carbocycles. The second kappa shape index (κ2) is 6.58. The zero-order chi connectivity index (χ0) is 14.9. The van der Waals surface area contributed by atoms with E-state index in [0.717, 1.165) is 18.0 Å². The second-order valence-corrected chi connectivity index (χ2v) is 8.73. The van der Waals surface area contributed by atoms with Gasteiger partial charge in [-0.1, -0.05) is 33.1 Å². The monoisotopic (exact) mass is 292 g/mol. The Hall–Kier alpha value is -0.0800. The fraction of sp³-hybridized carbons (Fsp3) is 1.00. The van der Waals surface area contributed by atoms with Gasteiger partial charge in [-0.15, -0.1) is 0 Å². The van der Waals surface area contributed by atoms with E-state index in [4.69, 9.17) is 0 Å². The fourth-order valence-corrected chi connectivity index (χ4v) is 5.48. The minimum Gasteiger partial charge on any atom is -0.298 e. The van der Waals surface area contributed by atoms with Crippen molar-refractivity contribution in [2.45, 2.75) is 84.2 Å². The first-order valence-electron chi connectivity index (χ1n) is 9.56. The summed E-state index contributed by atoms with van der Waals surface area (Å²) in [6, 6.07) is 1.64. The van der Waals surface area contributed by atoms with Crippen molar-refractivity contribution in [2.24, 2.45) is 11.3 Å². The molecule has 0 aromatic heterocycles. The van der Waals surface area contributed by atoms with Crippen LogP contribution in [0.3, 0.4) is 0 Å². The molecular formula is C19H36N2. The standard InChI is InChI=1S/C19H36N2/c1-16(2)12-19(9-5-6-10-19)15-21-14-18-8-4-7-11-20(18)13-17(21)3/h16-18H,4-15H2,1-3H3. The molecule has 122 valence electrons. The summed E-state index contributed by atoms with van der Waals surface area (Å²) in [6.45, 7) is 12.7. The Balaban J connectivity index is 1.64. The van der Waals surface area contributed by atoms with Crippen molar-refractivity contribution >= 4 is 0 Å². The summed E-state index contributed by atoms with van der Waals surface area (Å²) < 4.78 is 0. The first kappa shape index (κ1) is 15.8. The van der Waals surface area contributed by atoms with Crippen molar-refractivity contribution in [3.63, 3.8) is 0 Å². The van der Waals surface area contributed by atoms with Gasteiger partial charge in [-0.05, 0) is 56.9 Å². The summed E-state index contributed by atoms with van der Waals surface area (Å²) in [4.78, 5) is 5.66. The molecule has 0 aromatic rings. The SMILES string of the molecule is CC(C)CC1(CN2CC3CCCCN3CC2C)CCCC1. The van der Waals surface area contributed by atoms with Crippen LogP contribution in [0.5, 0.6) is 0 Å². The van der Waals surface area contributed by atoms with Crippen LogP contribution in [-0.4, -0.2) is 48.1 Å². The van der Waals surface area contributed by atoms with Crippen LogP contribution < -0.4 is 0 Å². The molecule has 21 heavy (non-hydrogen) atoms. The van der Waals surface area contributed by atoms with Crippen molar-refractivity contribution in [1.29, 1.82) is 0 Å². The molecule has 2 unspecified atom stereocenters. The van der Waals surface area contributed by atoms with Crippen molar-refractivity contribution < 1.29 is 0 Å². The van der Waals surface area contributed by atoms with Gasteiger partial charge in [0.2, 0.25) is 0 Å². The van der Waals surface area contributed by atoms with Gasteiger partial charge in [0, 0.05) is 31.7 Å². The van der Waals surface area contributed by atoms with E-state index in [9.17, 15) is 0 Å². The van der Waals surface area contributed by atoms with Crippen LogP contribution in [0.4, 0.5) is 0 Å². The summed E-state index contributed by atoms with van der Waals surface area (Å²) in [6.07, 6.45) is 11.7. The van der Waals surface area contributed by atoms with Crippen LogP contribution in [0.25, 0.3) is 0 Å². The van der Waals surface area contributed by atoms with E-state index in [1.54, 1.807) is 0 Å². The Kier molecular flexibility index (Phi) is 4.95. The number of rotatable bonds is 4. The molecule has 2 nitrogen and oxygen atoms in total. The molecule has 2 heterocycles. The van der Waals surface area contributed by atoms with Crippen molar-refractivity contribution in [2.75, 3.05) is 26.2 Å². The topological polar surface area (TPSA) is 6.48 Å². The average molecular weight is 293 g/mol. The minimum atomic E-state index is 0.652. The number of fused-ring (bicyclic) bond motifs is 1. The first-order valence-corrected chi connectivity index (χ1v) is 9.56. The number of nitrogens with zero attached hydrogens (tertiary/aromatic N) is 2. The van der Waals surface area contributed by atoms with Crippen LogP contribution in [0.15, 0.2) is 0 Å². The summed E-state index contributed by atoms with van der Waals surface area (Å²) in [5.74, 6) is 0.856. The highest BCUT2D eigenvalue weighted by Gasteiger charge is 2.40. The third-order valence-corrected chi connectivity index (χ3v) is 6.36. The van der Waals surface area contributed by atoms with Crippen LogP contribution in [-0.2, 0) is 0 Å². The lowest BCUT2D eigenvalue weighted by Crippen LogP contribution is -2.60. The molecule has 2 atom stereocenters. The molecule has 0 radical (unpaired) electrons. The van der Waals surface area contributed by atoms with Crippen molar-refractivity contribution in [1.82, 2.24) is 9.80 Å². The molecular weight excluding hydrogens is 256 g/mol. The maximum absolute atomic E-state index is 2.88. The molecule has 1 aliphatic carbocycles. The predicted molar refractivity (Wildman–Crippen MR) is 90.6 cm³/mol. The molecule has 2 aliphatic heterocycles.